The fourth-order valence-electron chi connectivity index (χ4n) is 4.67. The van der Waals surface area contributed by atoms with Gasteiger partial charge in [0, 0.05) is 32.0 Å². The van der Waals surface area contributed by atoms with E-state index < -0.39 is 0 Å². The third-order valence-electron chi connectivity index (χ3n) is 6.39. The van der Waals surface area contributed by atoms with Crippen molar-refractivity contribution in [2.45, 2.75) is 64.3 Å². The molecule has 2 aliphatic rings. The molecule has 0 saturated carbocycles. The maximum Gasteiger partial charge on any atom is 0.319 e. The molecule has 1 aromatic heterocycles. The number of anilines is 2. The van der Waals surface area contributed by atoms with Gasteiger partial charge in [0.2, 0.25) is 5.91 Å². The molecule has 1 aromatic carbocycles. The second-order valence-corrected chi connectivity index (χ2v) is 9.69. The largest absolute Gasteiger partial charge is 0.490 e. The highest BCUT2D eigenvalue weighted by molar-refractivity contribution is 5.99. The Labute approximate surface area is 210 Å². The van der Waals surface area contributed by atoms with E-state index in [-0.39, 0.29) is 55.2 Å². The van der Waals surface area contributed by atoms with E-state index in [1.165, 1.54) is 0 Å². The van der Waals surface area contributed by atoms with Gasteiger partial charge in [0.05, 0.1) is 35.5 Å². The monoisotopic (exact) mass is 498 g/mol. The van der Waals surface area contributed by atoms with Crippen molar-refractivity contribution in [2.75, 3.05) is 24.3 Å². The van der Waals surface area contributed by atoms with E-state index >= 15 is 0 Å². The van der Waals surface area contributed by atoms with Gasteiger partial charge in [-0.3, -0.25) is 14.3 Å². The van der Waals surface area contributed by atoms with Gasteiger partial charge in [-0.1, -0.05) is 0 Å². The van der Waals surface area contributed by atoms with Crippen molar-refractivity contribution in [3.05, 3.63) is 35.7 Å². The molecule has 11 nitrogen and oxygen atoms in total. The number of aromatic nitrogens is 2. The molecule has 194 valence electrons. The fourth-order valence-corrected chi connectivity index (χ4v) is 4.67. The summed E-state index contributed by atoms with van der Waals surface area (Å²) in [6, 6.07) is 4.46. The number of fused-ring (bicyclic) bond motifs is 2. The topological polar surface area (TPSA) is 127 Å². The SMILES string of the molecule is Cc1nn(C)cc1NC(=O)C[C@@H]1CC[C@@H]2[C@@H](COc3ccc(NC(=O)NC(C)C)cc3C(=O)N2C)O1. The molecule has 2 aliphatic heterocycles. The number of nitrogens with zero attached hydrogens (tertiary/aromatic N) is 3. The molecule has 0 radical (unpaired) electrons. The molecule has 0 unspecified atom stereocenters. The molecule has 1 saturated heterocycles. The van der Waals surface area contributed by atoms with Gasteiger partial charge < -0.3 is 30.3 Å². The average Bonchev–Trinajstić information content (AvgIpc) is 3.12. The van der Waals surface area contributed by atoms with E-state index in [0.717, 1.165) is 5.69 Å². The maximum absolute atomic E-state index is 13.3. The quantitative estimate of drug-likeness (QED) is 0.582. The highest BCUT2D eigenvalue weighted by Gasteiger charge is 2.39. The third kappa shape index (κ3) is 5.78. The molecule has 36 heavy (non-hydrogen) atoms. The lowest BCUT2D eigenvalue weighted by Crippen LogP contribution is -2.53. The summed E-state index contributed by atoms with van der Waals surface area (Å²) in [5.74, 6) is 0.0766. The summed E-state index contributed by atoms with van der Waals surface area (Å²) in [5.41, 5.74) is 2.32. The van der Waals surface area contributed by atoms with Crippen LogP contribution >= 0.6 is 0 Å². The lowest BCUT2D eigenvalue weighted by molar-refractivity contribution is -0.130. The number of hydrogen-bond acceptors (Lipinski definition) is 6. The van der Waals surface area contributed by atoms with E-state index in [9.17, 15) is 14.4 Å². The minimum absolute atomic E-state index is 0.0111. The van der Waals surface area contributed by atoms with Crippen LogP contribution in [0.3, 0.4) is 0 Å². The first-order chi connectivity index (χ1) is 17.1. The van der Waals surface area contributed by atoms with Gasteiger partial charge in [-0.2, -0.15) is 5.10 Å². The van der Waals surface area contributed by atoms with Crippen LogP contribution in [-0.2, 0) is 16.6 Å². The Bertz CT molecular complexity index is 1150. The molecular weight excluding hydrogens is 464 g/mol. The third-order valence-corrected chi connectivity index (χ3v) is 6.39. The summed E-state index contributed by atoms with van der Waals surface area (Å²) in [6.07, 6.45) is 2.66. The fraction of sp³-hybridized carbons (Fsp3) is 0.520. The van der Waals surface area contributed by atoms with Crippen LogP contribution in [0.2, 0.25) is 0 Å². The number of amides is 4. The summed E-state index contributed by atoms with van der Waals surface area (Å²) in [4.78, 5) is 39.7. The van der Waals surface area contributed by atoms with Crippen LogP contribution < -0.4 is 20.7 Å². The van der Waals surface area contributed by atoms with Crippen molar-refractivity contribution >= 4 is 29.2 Å². The van der Waals surface area contributed by atoms with E-state index in [2.05, 4.69) is 21.0 Å². The van der Waals surface area contributed by atoms with Crippen molar-refractivity contribution in [2.24, 2.45) is 7.05 Å². The van der Waals surface area contributed by atoms with Gasteiger partial charge in [-0.05, 0) is 51.8 Å². The normalized spacial score (nSPS) is 21.6. The van der Waals surface area contributed by atoms with Crippen LogP contribution in [0, 0.1) is 6.92 Å². The Hall–Kier alpha value is -3.60. The van der Waals surface area contributed by atoms with Crippen molar-refractivity contribution in [3.63, 3.8) is 0 Å². The molecule has 4 amide bonds. The number of aryl methyl sites for hydroxylation is 2. The van der Waals surface area contributed by atoms with Crippen LogP contribution in [0.4, 0.5) is 16.2 Å². The number of nitrogens with one attached hydrogen (secondary N) is 3. The number of carbonyl (C=O) groups is 3. The number of urea groups is 1. The molecule has 4 rings (SSSR count). The van der Waals surface area contributed by atoms with Gasteiger partial charge in [-0.25, -0.2) is 4.79 Å². The molecule has 0 aliphatic carbocycles. The zero-order valence-corrected chi connectivity index (χ0v) is 21.3. The van der Waals surface area contributed by atoms with Crippen molar-refractivity contribution in [3.8, 4) is 5.75 Å². The zero-order valence-electron chi connectivity index (χ0n) is 21.3. The first kappa shape index (κ1) is 25.5. The van der Waals surface area contributed by atoms with E-state index in [1.54, 1.807) is 48.1 Å². The maximum atomic E-state index is 13.3. The van der Waals surface area contributed by atoms with Crippen LogP contribution in [0.25, 0.3) is 0 Å². The number of ether oxygens (including phenoxy) is 2. The minimum atomic E-state index is -0.367. The summed E-state index contributed by atoms with van der Waals surface area (Å²) in [6.45, 7) is 5.82. The zero-order chi connectivity index (χ0) is 26.0. The Morgan fingerprint density at radius 3 is 2.67 bits per heavy atom. The number of carbonyl (C=O) groups excluding carboxylic acids is 3. The van der Waals surface area contributed by atoms with Crippen LogP contribution in [0.1, 0.15) is 49.2 Å². The molecule has 3 N–H and O–H groups in total. The van der Waals surface area contributed by atoms with E-state index in [1.807, 2.05) is 20.8 Å². The van der Waals surface area contributed by atoms with Crippen LogP contribution in [0.15, 0.2) is 24.4 Å². The van der Waals surface area contributed by atoms with Crippen molar-refractivity contribution in [1.29, 1.82) is 0 Å². The number of rotatable bonds is 5. The lowest BCUT2D eigenvalue weighted by atomic mass is 9.94. The van der Waals surface area contributed by atoms with E-state index in [4.69, 9.17) is 9.47 Å². The van der Waals surface area contributed by atoms with Crippen LogP contribution in [-0.4, -0.2) is 70.5 Å². The lowest BCUT2D eigenvalue weighted by Gasteiger charge is -2.42. The Morgan fingerprint density at radius 2 is 1.97 bits per heavy atom. The predicted octanol–water partition coefficient (Wildman–Crippen LogP) is 2.67. The highest BCUT2D eigenvalue weighted by atomic mass is 16.5. The molecular formula is C25H34N6O5. The molecule has 3 atom stereocenters. The second kappa shape index (κ2) is 10.6. The van der Waals surface area contributed by atoms with Crippen LogP contribution in [0.5, 0.6) is 5.75 Å². The van der Waals surface area contributed by atoms with Gasteiger partial charge in [0.25, 0.3) is 5.91 Å². The average molecular weight is 499 g/mol. The summed E-state index contributed by atoms with van der Waals surface area (Å²) in [5, 5.41) is 12.7. The minimum Gasteiger partial charge on any atom is -0.490 e. The molecule has 0 spiro atoms. The summed E-state index contributed by atoms with van der Waals surface area (Å²) in [7, 11) is 3.56. The van der Waals surface area contributed by atoms with Gasteiger partial charge in [-0.15, -0.1) is 0 Å². The second-order valence-electron chi connectivity index (χ2n) is 9.69. The van der Waals surface area contributed by atoms with Gasteiger partial charge >= 0.3 is 6.03 Å². The number of benzene rings is 1. The van der Waals surface area contributed by atoms with Gasteiger partial charge in [0.15, 0.2) is 0 Å². The van der Waals surface area contributed by atoms with Crippen molar-refractivity contribution < 1.29 is 23.9 Å². The Balaban J connectivity index is 1.42. The Morgan fingerprint density at radius 1 is 1.19 bits per heavy atom. The summed E-state index contributed by atoms with van der Waals surface area (Å²) < 4.78 is 13.9. The molecule has 3 heterocycles. The molecule has 2 aromatic rings. The first-order valence-corrected chi connectivity index (χ1v) is 12.2. The summed E-state index contributed by atoms with van der Waals surface area (Å²) >= 11 is 0. The Kier molecular flexibility index (Phi) is 7.48. The smallest absolute Gasteiger partial charge is 0.319 e. The first-order valence-electron chi connectivity index (χ1n) is 12.2. The number of likely N-dealkylation sites (N-methyl/N-ethyl adjacent to an activating group) is 1. The van der Waals surface area contributed by atoms with Gasteiger partial charge in [0.1, 0.15) is 18.5 Å². The standard InChI is InChI=1S/C25H34N6O5/c1-14(2)26-25(34)27-16-6-9-21-18(10-16)24(33)31(5)20-8-7-17(36-22(20)13-35-21)11-23(32)28-19-12-30(4)29-15(19)3/h6,9-10,12,14,17,20,22H,7-8,11,13H2,1-5H3,(H,28,32)(H2,26,27,34)/t17-,20+,22+/m0/s1. The number of hydrogen-bond donors (Lipinski definition) is 3. The van der Waals surface area contributed by atoms with Crippen molar-refractivity contribution in [1.82, 2.24) is 20.0 Å². The highest BCUT2D eigenvalue weighted by Crippen LogP contribution is 2.32. The molecule has 1 fully saturated rings. The molecule has 11 heteroatoms. The predicted molar refractivity (Wildman–Crippen MR) is 134 cm³/mol. The molecule has 0 bridgehead atoms. The van der Waals surface area contributed by atoms with E-state index in [0.29, 0.717) is 35.5 Å².